The van der Waals surface area contributed by atoms with Crippen molar-refractivity contribution in [1.29, 1.82) is 0 Å². The van der Waals surface area contributed by atoms with Crippen LogP contribution in [0, 0.1) is 5.82 Å². The van der Waals surface area contributed by atoms with Crippen LogP contribution in [-0.4, -0.2) is 21.7 Å². The van der Waals surface area contributed by atoms with Gasteiger partial charge < -0.3 is 4.74 Å². The summed E-state index contributed by atoms with van der Waals surface area (Å²) in [6.07, 6.45) is -0.0597. The number of hydrogen-bond donors (Lipinski definition) is 0. The second-order valence-corrected chi connectivity index (χ2v) is 7.08. The molecule has 1 heterocycles. The molecule has 0 bridgehead atoms. The standard InChI is InChI=1S/C20H18BrFN2O4/c1-2-28-18(25)9-10-23-17-11-15(22)7-8-16(17)19(26)24(20(23)27)12-13-3-5-14(21)6-4-13/h3-8,11H,2,9-10,12H2,1H3. The molecule has 8 heteroatoms. The molecule has 146 valence electrons. The number of hydrogen-bond acceptors (Lipinski definition) is 4. The lowest BCUT2D eigenvalue weighted by atomic mass is 10.2. The topological polar surface area (TPSA) is 70.3 Å². The molecule has 2 aromatic carbocycles. The smallest absolute Gasteiger partial charge is 0.331 e. The SMILES string of the molecule is CCOC(=O)CCn1c(=O)n(Cc2ccc(Br)cc2)c(=O)c2ccc(F)cc21. The van der Waals surface area contributed by atoms with E-state index >= 15 is 0 Å². The van der Waals surface area contributed by atoms with E-state index in [1.165, 1.54) is 16.7 Å². The Kier molecular flexibility index (Phi) is 6.08. The zero-order valence-corrected chi connectivity index (χ0v) is 16.7. The number of aryl methyl sites for hydroxylation is 1. The highest BCUT2D eigenvalue weighted by atomic mass is 79.9. The molecule has 1 aromatic heterocycles. The van der Waals surface area contributed by atoms with Gasteiger partial charge in [0.25, 0.3) is 5.56 Å². The Morgan fingerprint density at radius 2 is 1.82 bits per heavy atom. The Morgan fingerprint density at radius 3 is 2.50 bits per heavy atom. The predicted octanol–water partition coefficient (Wildman–Crippen LogP) is 3.07. The molecule has 3 rings (SSSR count). The Balaban J connectivity index is 2.12. The predicted molar refractivity (Wildman–Crippen MR) is 107 cm³/mol. The van der Waals surface area contributed by atoms with Crippen LogP contribution in [0.3, 0.4) is 0 Å². The normalized spacial score (nSPS) is 11.0. The van der Waals surface area contributed by atoms with Gasteiger partial charge in [-0.25, -0.2) is 9.18 Å². The van der Waals surface area contributed by atoms with Gasteiger partial charge in [-0.05, 0) is 42.8 Å². The lowest BCUT2D eigenvalue weighted by molar-refractivity contribution is -0.143. The maximum absolute atomic E-state index is 13.8. The van der Waals surface area contributed by atoms with Crippen molar-refractivity contribution < 1.29 is 13.9 Å². The van der Waals surface area contributed by atoms with E-state index in [-0.39, 0.29) is 37.0 Å². The Morgan fingerprint density at radius 1 is 1.11 bits per heavy atom. The molecule has 0 atom stereocenters. The number of benzene rings is 2. The minimum Gasteiger partial charge on any atom is -0.466 e. The second-order valence-electron chi connectivity index (χ2n) is 6.17. The summed E-state index contributed by atoms with van der Waals surface area (Å²) >= 11 is 3.34. The van der Waals surface area contributed by atoms with Crippen LogP contribution in [0.15, 0.2) is 56.5 Å². The molecule has 0 aliphatic carbocycles. The van der Waals surface area contributed by atoms with Crippen molar-refractivity contribution in [2.24, 2.45) is 0 Å². The molecule has 3 aromatic rings. The van der Waals surface area contributed by atoms with Gasteiger partial charge >= 0.3 is 11.7 Å². The molecule has 0 aliphatic rings. The van der Waals surface area contributed by atoms with Crippen LogP contribution in [0.25, 0.3) is 10.9 Å². The fourth-order valence-electron chi connectivity index (χ4n) is 2.95. The van der Waals surface area contributed by atoms with Gasteiger partial charge in [0.05, 0.1) is 30.5 Å². The molecule has 0 spiro atoms. The van der Waals surface area contributed by atoms with Crippen LogP contribution in [0.2, 0.25) is 0 Å². The van der Waals surface area contributed by atoms with Crippen LogP contribution < -0.4 is 11.2 Å². The van der Waals surface area contributed by atoms with E-state index in [1.54, 1.807) is 19.1 Å². The maximum atomic E-state index is 13.8. The summed E-state index contributed by atoms with van der Waals surface area (Å²) in [5.74, 6) is -1.04. The van der Waals surface area contributed by atoms with Crippen LogP contribution in [0.1, 0.15) is 18.9 Å². The fourth-order valence-corrected chi connectivity index (χ4v) is 3.22. The first-order valence-electron chi connectivity index (χ1n) is 8.73. The van der Waals surface area contributed by atoms with Gasteiger partial charge in [-0.2, -0.15) is 0 Å². The molecule has 0 fully saturated rings. The first-order chi connectivity index (χ1) is 13.4. The molecule has 0 saturated heterocycles. The quantitative estimate of drug-likeness (QED) is 0.543. The van der Waals surface area contributed by atoms with E-state index in [0.717, 1.165) is 20.7 Å². The zero-order valence-electron chi connectivity index (χ0n) is 15.2. The van der Waals surface area contributed by atoms with Crippen molar-refractivity contribution in [3.05, 3.63) is 79.2 Å². The fraction of sp³-hybridized carbons (Fsp3) is 0.250. The molecule has 0 N–H and O–H groups in total. The number of carbonyl (C=O) groups is 1. The van der Waals surface area contributed by atoms with E-state index in [2.05, 4.69) is 15.9 Å². The summed E-state index contributed by atoms with van der Waals surface area (Å²) in [6, 6.07) is 10.9. The lowest BCUT2D eigenvalue weighted by Gasteiger charge is -2.14. The number of rotatable bonds is 6. The summed E-state index contributed by atoms with van der Waals surface area (Å²) in [4.78, 5) is 37.6. The first kappa shape index (κ1) is 20.0. The average Bonchev–Trinajstić information content (AvgIpc) is 2.66. The third kappa shape index (κ3) is 4.22. The largest absolute Gasteiger partial charge is 0.466 e. The number of aromatic nitrogens is 2. The molecule has 6 nitrogen and oxygen atoms in total. The van der Waals surface area contributed by atoms with Gasteiger partial charge in [0.2, 0.25) is 0 Å². The lowest BCUT2D eigenvalue weighted by Crippen LogP contribution is -2.40. The van der Waals surface area contributed by atoms with Gasteiger partial charge in [-0.1, -0.05) is 28.1 Å². The summed E-state index contributed by atoms with van der Waals surface area (Å²) in [5, 5.41) is 0.210. The molecule has 0 unspecified atom stereocenters. The van der Waals surface area contributed by atoms with Crippen molar-refractivity contribution >= 4 is 32.8 Å². The van der Waals surface area contributed by atoms with Gasteiger partial charge in [0.15, 0.2) is 0 Å². The van der Waals surface area contributed by atoms with Gasteiger partial charge in [0.1, 0.15) is 5.82 Å². The first-order valence-corrected chi connectivity index (χ1v) is 9.53. The molecular weight excluding hydrogens is 431 g/mol. The van der Waals surface area contributed by atoms with E-state index in [4.69, 9.17) is 4.74 Å². The highest BCUT2D eigenvalue weighted by molar-refractivity contribution is 9.10. The van der Waals surface area contributed by atoms with Crippen LogP contribution in [0.4, 0.5) is 4.39 Å². The van der Waals surface area contributed by atoms with E-state index in [0.29, 0.717) is 0 Å². The maximum Gasteiger partial charge on any atom is 0.331 e. The monoisotopic (exact) mass is 448 g/mol. The number of nitrogens with zero attached hydrogens (tertiary/aromatic N) is 2. The van der Waals surface area contributed by atoms with Crippen molar-refractivity contribution in [1.82, 2.24) is 9.13 Å². The highest BCUT2D eigenvalue weighted by Gasteiger charge is 2.15. The zero-order chi connectivity index (χ0) is 20.3. The number of halogens is 2. The molecule has 0 radical (unpaired) electrons. The van der Waals surface area contributed by atoms with Gasteiger partial charge in [0, 0.05) is 11.0 Å². The minimum atomic E-state index is -0.602. The van der Waals surface area contributed by atoms with Crippen molar-refractivity contribution in [3.8, 4) is 0 Å². The second kappa shape index (κ2) is 8.52. The number of esters is 1. The minimum absolute atomic E-state index is 0.0156. The Bertz CT molecular complexity index is 1140. The Labute approximate surface area is 168 Å². The third-order valence-electron chi connectivity index (χ3n) is 4.29. The summed E-state index contributed by atoms with van der Waals surface area (Å²) in [7, 11) is 0. The third-order valence-corrected chi connectivity index (χ3v) is 4.82. The summed E-state index contributed by atoms with van der Waals surface area (Å²) in [5.41, 5.74) is -0.183. The summed E-state index contributed by atoms with van der Waals surface area (Å²) < 4.78 is 21.9. The van der Waals surface area contributed by atoms with Gasteiger partial charge in [-0.3, -0.25) is 18.7 Å². The van der Waals surface area contributed by atoms with E-state index < -0.39 is 23.0 Å². The number of carbonyl (C=O) groups excluding carboxylic acids is 1. The van der Waals surface area contributed by atoms with Gasteiger partial charge in [-0.15, -0.1) is 0 Å². The van der Waals surface area contributed by atoms with Crippen LogP contribution in [0.5, 0.6) is 0 Å². The molecule has 0 saturated carbocycles. The average molecular weight is 449 g/mol. The molecule has 0 aliphatic heterocycles. The van der Waals surface area contributed by atoms with E-state index in [9.17, 15) is 18.8 Å². The van der Waals surface area contributed by atoms with E-state index in [1.807, 2.05) is 12.1 Å². The molecular formula is C20H18BrFN2O4. The van der Waals surface area contributed by atoms with Crippen molar-refractivity contribution in [3.63, 3.8) is 0 Å². The van der Waals surface area contributed by atoms with Crippen molar-refractivity contribution in [2.75, 3.05) is 6.61 Å². The number of fused-ring (bicyclic) bond motifs is 1. The van der Waals surface area contributed by atoms with Crippen molar-refractivity contribution in [2.45, 2.75) is 26.4 Å². The molecule has 28 heavy (non-hydrogen) atoms. The number of ether oxygens (including phenoxy) is 1. The highest BCUT2D eigenvalue weighted by Crippen LogP contribution is 2.13. The molecule has 0 amide bonds. The Hall–Kier alpha value is -2.74. The van der Waals surface area contributed by atoms with Crippen LogP contribution in [-0.2, 0) is 22.6 Å². The van der Waals surface area contributed by atoms with Crippen LogP contribution >= 0.6 is 15.9 Å². The summed E-state index contributed by atoms with van der Waals surface area (Å²) in [6.45, 7) is 1.97.